The molecule has 1 heterocycles. The predicted octanol–water partition coefficient (Wildman–Crippen LogP) is 3.22. The number of nitrogens with zero attached hydrogens (tertiary/aromatic N) is 1. The van der Waals surface area contributed by atoms with E-state index in [1.165, 1.54) is 5.56 Å². The van der Waals surface area contributed by atoms with Gasteiger partial charge in [0.2, 0.25) is 0 Å². The summed E-state index contributed by atoms with van der Waals surface area (Å²) in [5.74, 6) is 2.41. The van der Waals surface area contributed by atoms with E-state index in [1.807, 2.05) is 33.8 Å². The molecule has 0 saturated carbocycles. The molecule has 0 bridgehead atoms. The van der Waals surface area contributed by atoms with Gasteiger partial charge in [0, 0.05) is 44.2 Å². The minimum absolute atomic E-state index is 0. The molecule has 30 heavy (non-hydrogen) atoms. The molecule has 2 rings (SSSR count). The fourth-order valence-corrected chi connectivity index (χ4v) is 2.97. The van der Waals surface area contributed by atoms with Gasteiger partial charge in [-0.3, -0.25) is 4.99 Å². The number of carbonyl (C=O) groups excluding carboxylic acids is 1. The lowest BCUT2D eigenvalue weighted by molar-refractivity contribution is 0.0529. The van der Waals surface area contributed by atoms with Crippen LogP contribution in [0.2, 0.25) is 0 Å². The molecule has 3 N–H and O–H groups in total. The first-order chi connectivity index (χ1) is 13.7. The molecule has 0 aromatic heterocycles. The number of amides is 1. The van der Waals surface area contributed by atoms with E-state index in [0.29, 0.717) is 32.2 Å². The lowest BCUT2D eigenvalue weighted by Crippen LogP contribution is -2.42. The molecule has 9 heteroatoms. The van der Waals surface area contributed by atoms with Crippen LogP contribution < -0.4 is 25.4 Å². The third kappa shape index (κ3) is 8.45. The average Bonchev–Trinajstić information content (AvgIpc) is 2.98. The molecular weight excluding hydrogens is 499 g/mol. The number of rotatable bonds is 7. The number of aliphatic imine (C=N–C) groups is 1. The maximum absolute atomic E-state index is 11.7. The predicted molar refractivity (Wildman–Crippen MR) is 129 cm³/mol. The summed E-state index contributed by atoms with van der Waals surface area (Å²) in [6.07, 6.45) is 0.655. The van der Waals surface area contributed by atoms with E-state index in [2.05, 4.69) is 33.9 Å². The number of carbonyl (C=O) groups is 1. The highest BCUT2D eigenvalue weighted by Crippen LogP contribution is 2.35. The number of halogens is 1. The molecule has 1 aromatic rings. The summed E-state index contributed by atoms with van der Waals surface area (Å²) in [5.41, 5.74) is 1.68. The van der Waals surface area contributed by atoms with Crippen LogP contribution in [0.3, 0.4) is 0 Å². The Hall–Kier alpha value is -1.91. The van der Waals surface area contributed by atoms with Gasteiger partial charge in [-0.25, -0.2) is 4.79 Å². The number of hydrogen-bond acceptors (Lipinski definition) is 5. The molecular formula is C21H35IN4O4. The number of guanidine groups is 1. The molecule has 1 atom stereocenters. The number of hydrogen-bond donors (Lipinski definition) is 3. The number of fused-ring (bicyclic) bond motifs is 1. The van der Waals surface area contributed by atoms with Crippen molar-refractivity contribution >= 4 is 36.0 Å². The highest BCUT2D eigenvalue weighted by Gasteiger charge is 2.22. The van der Waals surface area contributed by atoms with E-state index in [9.17, 15) is 4.79 Å². The molecule has 0 radical (unpaired) electrons. The van der Waals surface area contributed by atoms with Crippen molar-refractivity contribution in [3.63, 3.8) is 0 Å². The highest BCUT2D eigenvalue weighted by atomic mass is 127. The molecule has 1 aliphatic heterocycles. The molecule has 8 nitrogen and oxygen atoms in total. The van der Waals surface area contributed by atoms with E-state index in [-0.39, 0.29) is 30.1 Å². The van der Waals surface area contributed by atoms with Crippen molar-refractivity contribution in [2.75, 3.05) is 26.7 Å². The van der Waals surface area contributed by atoms with Gasteiger partial charge in [-0.05, 0) is 46.8 Å². The smallest absolute Gasteiger partial charge is 0.407 e. The van der Waals surface area contributed by atoms with Gasteiger partial charge < -0.3 is 30.2 Å². The first-order valence-electron chi connectivity index (χ1n) is 10.1. The van der Waals surface area contributed by atoms with Gasteiger partial charge in [0.25, 0.3) is 0 Å². The Morgan fingerprint density at radius 1 is 1.23 bits per heavy atom. The Labute approximate surface area is 196 Å². The molecule has 1 unspecified atom stereocenters. The van der Waals surface area contributed by atoms with Crippen LogP contribution in [0, 0.1) is 0 Å². The van der Waals surface area contributed by atoms with Crippen LogP contribution in [0.25, 0.3) is 0 Å². The monoisotopic (exact) mass is 534 g/mol. The lowest BCUT2D eigenvalue weighted by Gasteiger charge is -2.20. The molecule has 0 aliphatic carbocycles. The van der Waals surface area contributed by atoms with Crippen LogP contribution >= 0.6 is 24.0 Å². The first-order valence-corrected chi connectivity index (χ1v) is 10.1. The Morgan fingerprint density at radius 2 is 1.93 bits per heavy atom. The van der Waals surface area contributed by atoms with E-state index in [4.69, 9.17) is 14.2 Å². The third-order valence-corrected chi connectivity index (χ3v) is 4.13. The Bertz CT molecular complexity index is 734. The van der Waals surface area contributed by atoms with Crippen molar-refractivity contribution in [1.29, 1.82) is 0 Å². The number of ether oxygens (including phenoxy) is 3. The first kappa shape index (κ1) is 26.1. The summed E-state index contributed by atoms with van der Waals surface area (Å²) < 4.78 is 16.9. The van der Waals surface area contributed by atoms with Gasteiger partial charge in [0.1, 0.15) is 23.2 Å². The van der Waals surface area contributed by atoms with Gasteiger partial charge >= 0.3 is 6.09 Å². The van der Waals surface area contributed by atoms with Gasteiger partial charge in [-0.1, -0.05) is 0 Å². The third-order valence-electron chi connectivity index (χ3n) is 4.13. The lowest BCUT2D eigenvalue weighted by atomic mass is 10.1. The minimum Gasteiger partial charge on any atom is -0.494 e. The Morgan fingerprint density at radius 3 is 2.57 bits per heavy atom. The molecule has 0 spiro atoms. The second kappa shape index (κ2) is 12.1. The zero-order valence-electron chi connectivity index (χ0n) is 18.8. The molecule has 0 saturated heterocycles. The zero-order chi connectivity index (χ0) is 21.4. The number of nitrogens with one attached hydrogen (secondary N) is 3. The quantitative estimate of drug-likeness (QED) is 0.215. The largest absolute Gasteiger partial charge is 0.494 e. The second-order valence-corrected chi connectivity index (χ2v) is 7.91. The maximum atomic E-state index is 11.7. The van der Waals surface area contributed by atoms with E-state index in [1.54, 1.807) is 7.05 Å². The van der Waals surface area contributed by atoms with Gasteiger partial charge in [0.15, 0.2) is 5.96 Å². The van der Waals surface area contributed by atoms with Crippen molar-refractivity contribution in [2.45, 2.75) is 59.3 Å². The standard InChI is InChI=1S/C21H34N4O4.HI/c1-7-27-17-11-15-10-14(2)28-18(15)12-16(17)13-25-19(22-6)23-8-9-24-20(26)29-21(3,4)5;/h11-12,14H,7-10,13H2,1-6H3,(H,24,26)(H2,22,23,25);1H. The van der Waals surface area contributed by atoms with Crippen LogP contribution in [-0.2, 0) is 17.7 Å². The number of benzene rings is 1. The van der Waals surface area contributed by atoms with Crippen molar-refractivity contribution < 1.29 is 19.0 Å². The summed E-state index contributed by atoms with van der Waals surface area (Å²) in [5, 5.41) is 9.15. The minimum atomic E-state index is -0.509. The van der Waals surface area contributed by atoms with Gasteiger partial charge in [0.05, 0.1) is 6.61 Å². The van der Waals surface area contributed by atoms with Crippen LogP contribution in [0.4, 0.5) is 4.79 Å². The van der Waals surface area contributed by atoms with E-state index >= 15 is 0 Å². The summed E-state index contributed by atoms with van der Waals surface area (Å²) in [4.78, 5) is 15.9. The van der Waals surface area contributed by atoms with E-state index < -0.39 is 11.7 Å². The molecule has 0 fully saturated rings. The Kier molecular flexibility index (Phi) is 10.5. The molecule has 1 aromatic carbocycles. The summed E-state index contributed by atoms with van der Waals surface area (Å²) in [6, 6.07) is 4.11. The molecule has 1 amide bonds. The summed E-state index contributed by atoms with van der Waals surface area (Å²) in [6.45, 7) is 11.6. The SMILES string of the molecule is CCOc1cc2c(cc1CNC(=NC)NCCNC(=O)OC(C)(C)C)OC(C)C2.I. The van der Waals surface area contributed by atoms with Crippen molar-refractivity contribution in [2.24, 2.45) is 4.99 Å². The Balaban J connectivity index is 0.00000450. The fraction of sp³-hybridized carbons (Fsp3) is 0.619. The zero-order valence-corrected chi connectivity index (χ0v) is 21.1. The topological polar surface area (TPSA) is 93.2 Å². The molecule has 170 valence electrons. The van der Waals surface area contributed by atoms with Crippen LogP contribution in [0.15, 0.2) is 17.1 Å². The van der Waals surface area contributed by atoms with Crippen molar-refractivity contribution in [1.82, 2.24) is 16.0 Å². The maximum Gasteiger partial charge on any atom is 0.407 e. The average molecular weight is 534 g/mol. The van der Waals surface area contributed by atoms with Crippen LogP contribution in [0.5, 0.6) is 11.5 Å². The molecule has 1 aliphatic rings. The highest BCUT2D eigenvalue weighted by molar-refractivity contribution is 14.0. The summed E-state index contributed by atoms with van der Waals surface area (Å²) >= 11 is 0. The van der Waals surface area contributed by atoms with E-state index in [0.717, 1.165) is 23.5 Å². The van der Waals surface area contributed by atoms with Crippen molar-refractivity contribution in [3.05, 3.63) is 23.3 Å². The number of alkyl carbamates (subject to hydrolysis) is 1. The van der Waals surface area contributed by atoms with Gasteiger partial charge in [-0.2, -0.15) is 0 Å². The fourth-order valence-electron chi connectivity index (χ4n) is 2.97. The van der Waals surface area contributed by atoms with Gasteiger partial charge in [-0.15, -0.1) is 24.0 Å². The normalized spacial score (nSPS) is 15.4. The second-order valence-electron chi connectivity index (χ2n) is 7.91. The van der Waals surface area contributed by atoms with Crippen LogP contribution in [-0.4, -0.2) is 50.5 Å². The summed E-state index contributed by atoms with van der Waals surface area (Å²) in [7, 11) is 1.70. The van der Waals surface area contributed by atoms with Crippen molar-refractivity contribution in [3.8, 4) is 11.5 Å². The van der Waals surface area contributed by atoms with Crippen LogP contribution in [0.1, 0.15) is 45.7 Å².